The number of nitrogens with zero attached hydrogens (tertiary/aromatic N) is 1. The Hall–Kier alpha value is -0.200. The number of hydrogen-bond acceptors (Lipinski definition) is 3. The van der Waals surface area contributed by atoms with Gasteiger partial charge in [0, 0.05) is 13.1 Å². The molecule has 1 atom stereocenters. The molecule has 0 aromatic carbocycles. The highest BCUT2D eigenvalue weighted by molar-refractivity contribution is 7.84. The van der Waals surface area contributed by atoms with E-state index in [0.29, 0.717) is 0 Å². The van der Waals surface area contributed by atoms with Gasteiger partial charge in [0.15, 0.2) is 0 Å². The molecule has 0 aromatic heterocycles. The summed E-state index contributed by atoms with van der Waals surface area (Å²) >= 11 is 0. The predicted octanol–water partition coefficient (Wildman–Crippen LogP) is 0.700. The van der Waals surface area contributed by atoms with Crippen molar-refractivity contribution in [2.45, 2.75) is 32.5 Å². The molecule has 0 spiro atoms. The van der Waals surface area contributed by atoms with Crippen molar-refractivity contribution >= 4 is 10.3 Å². The summed E-state index contributed by atoms with van der Waals surface area (Å²) in [5.74, 6) is 0. The van der Waals surface area contributed by atoms with Gasteiger partial charge in [0.05, 0.1) is 6.10 Å². The van der Waals surface area contributed by atoms with Crippen LogP contribution in [0.3, 0.4) is 0 Å². The van der Waals surface area contributed by atoms with Crippen molar-refractivity contribution in [2.75, 3.05) is 13.1 Å². The van der Waals surface area contributed by atoms with Crippen LogP contribution < -0.4 is 0 Å². The Morgan fingerprint density at radius 3 is 2.54 bits per heavy atom. The van der Waals surface area contributed by atoms with Crippen LogP contribution in [0, 0.1) is 0 Å². The van der Waals surface area contributed by atoms with Gasteiger partial charge in [-0.3, -0.25) is 4.18 Å². The van der Waals surface area contributed by atoms with Crippen molar-refractivity contribution in [3.05, 3.63) is 0 Å². The van der Waals surface area contributed by atoms with Crippen LogP contribution in [-0.2, 0) is 14.5 Å². The highest BCUT2D eigenvalue weighted by atomic mass is 32.2. The van der Waals surface area contributed by atoms with E-state index in [0.717, 1.165) is 4.31 Å². The average Bonchev–Trinajstić information content (AvgIpc) is 2.32. The third-order valence-corrected chi connectivity index (χ3v) is 3.32. The molecule has 1 fully saturated rings. The van der Waals surface area contributed by atoms with E-state index >= 15 is 0 Å². The Labute approximate surface area is 77.9 Å². The molecule has 78 valence electrons. The molecule has 0 amide bonds. The van der Waals surface area contributed by atoms with Crippen LogP contribution in [0.4, 0.5) is 4.39 Å². The van der Waals surface area contributed by atoms with E-state index < -0.39 is 22.6 Å². The highest BCUT2D eigenvalue weighted by Gasteiger charge is 2.32. The maximum Gasteiger partial charge on any atom is 0.338 e. The largest absolute Gasteiger partial charge is 0.338 e. The van der Waals surface area contributed by atoms with Gasteiger partial charge < -0.3 is 0 Å². The van der Waals surface area contributed by atoms with Crippen molar-refractivity contribution in [3.8, 4) is 0 Å². The van der Waals surface area contributed by atoms with Crippen LogP contribution in [0.1, 0.15) is 20.3 Å². The number of halogens is 1. The lowest BCUT2D eigenvalue weighted by Crippen LogP contribution is -2.32. The number of alkyl halides is 1. The summed E-state index contributed by atoms with van der Waals surface area (Å²) in [6.07, 6.45) is -1.19. The second kappa shape index (κ2) is 3.89. The summed E-state index contributed by atoms with van der Waals surface area (Å²) in [4.78, 5) is 0. The van der Waals surface area contributed by atoms with E-state index in [1.165, 1.54) is 0 Å². The first-order valence-electron chi connectivity index (χ1n) is 4.24. The Bertz CT molecular complexity index is 265. The van der Waals surface area contributed by atoms with Gasteiger partial charge >= 0.3 is 10.3 Å². The molecular formula is C7H14FNO3S. The van der Waals surface area contributed by atoms with Gasteiger partial charge in [0.25, 0.3) is 0 Å². The molecule has 1 rings (SSSR count). The molecule has 1 aliphatic rings. The van der Waals surface area contributed by atoms with Gasteiger partial charge in [-0.05, 0) is 20.3 Å². The molecular weight excluding hydrogens is 197 g/mol. The summed E-state index contributed by atoms with van der Waals surface area (Å²) in [7, 11) is -3.70. The summed E-state index contributed by atoms with van der Waals surface area (Å²) in [5.41, 5.74) is 0. The molecule has 0 N–H and O–H groups in total. The molecule has 0 bridgehead atoms. The maximum absolute atomic E-state index is 12.7. The predicted molar refractivity (Wildman–Crippen MR) is 46.2 cm³/mol. The SMILES string of the molecule is CC(C)OS(=O)(=O)N1CCC(F)C1. The van der Waals surface area contributed by atoms with Crippen LogP contribution in [0.2, 0.25) is 0 Å². The lowest BCUT2D eigenvalue weighted by atomic mass is 10.4. The fourth-order valence-corrected chi connectivity index (χ4v) is 2.48. The van der Waals surface area contributed by atoms with Gasteiger partial charge in [-0.15, -0.1) is 0 Å². The van der Waals surface area contributed by atoms with Crippen molar-refractivity contribution in [1.82, 2.24) is 4.31 Å². The van der Waals surface area contributed by atoms with Crippen LogP contribution in [-0.4, -0.2) is 38.1 Å². The second-order valence-electron chi connectivity index (χ2n) is 3.35. The quantitative estimate of drug-likeness (QED) is 0.690. The molecule has 6 heteroatoms. The summed E-state index contributed by atoms with van der Waals surface area (Å²) < 4.78 is 41.1. The zero-order valence-electron chi connectivity index (χ0n) is 7.73. The smallest absolute Gasteiger partial charge is 0.255 e. The first-order valence-corrected chi connectivity index (χ1v) is 5.61. The first kappa shape index (κ1) is 10.9. The van der Waals surface area contributed by atoms with Crippen molar-refractivity contribution in [3.63, 3.8) is 0 Å². The van der Waals surface area contributed by atoms with Gasteiger partial charge in [0.2, 0.25) is 0 Å². The molecule has 0 radical (unpaired) electrons. The van der Waals surface area contributed by atoms with E-state index in [1.54, 1.807) is 13.8 Å². The standard InChI is InChI=1S/C7H14FNO3S/c1-6(2)12-13(10,11)9-4-3-7(8)5-9/h6-7H,3-5H2,1-2H3. The lowest BCUT2D eigenvalue weighted by molar-refractivity contribution is 0.219. The molecule has 13 heavy (non-hydrogen) atoms. The summed E-state index contributed by atoms with van der Waals surface area (Å²) in [6, 6.07) is 0. The van der Waals surface area contributed by atoms with Gasteiger partial charge in [-0.25, -0.2) is 4.39 Å². The van der Waals surface area contributed by atoms with E-state index in [1.807, 2.05) is 0 Å². The van der Waals surface area contributed by atoms with E-state index in [-0.39, 0.29) is 19.5 Å². The summed E-state index contributed by atoms with van der Waals surface area (Å²) in [5, 5.41) is 0. The first-order chi connectivity index (χ1) is 5.92. The van der Waals surface area contributed by atoms with E-state index in [4.69, 9.17) is 4.18 Å². The van der Waals surface area contributed by atoms with Crippen molar-refractivity contribution < 1.29 is 17.0 Å². The van der Waals surface area contributed by atoms with Crippen molar-refractivity contribution in [1.29, 1.82) is 0 Å². The molecule has 0 aromatic rings. The summed E-state index contributed by atoms with van der Waals surface area (Å²) in [6.45, 7) is 3.40. The van der Waals surface area contributed by atoms with Gasteiger partial charge in [0.1, 0.15) is 6.17 Å². The maximum atomic E-state index is 12.7. The monoisotopic (exact) mass is 211 g/mol. The fourth-order valence-electron chi connectivity index (χ4n) is 1.19. The molecule has 1 aliphatic heterocycles. The lowest BCUT2D eigenvalue weighted by Gasteiger charge is -2.16. The highest BCUT2D eigenvalue weighted by Crippen LogP contribution is 2.17. The van der Waals surface area contributed by atoms with Crippen LogP contribution in [0.5, 0.6) is 0 Å². The van der Waals surface area contributed by atoms with Crippen LogP contribution >= 0.6 is 0 Å². The molecule has 0 aliphatic carbocycles. The molecule has 4 nitrogen and oxygen atoms in total. The van der Waals surface area contributed by atoms with E-state index in [9.17, 15) is 12.8 Å². The zero-order chi connectivity index (χ0) is 10.1. The zero-order valence-corrected chi connectivity index (χ0v) is 8.55. The molecule has 1 saturated heterocycles. The van der Waals surface area contributed by atoms with Crippen LogP contribution in [0.25, 0.3) is 0 Å². The normalized spacial score (nSPS) is 25.7. The molecule has 1 unspecified atom stereocenters. The molecule has 1 heterocycles. The fraction of sp³-hybridized carbons (Fsp3) is 1.00. The molecule has 0 saturated carbocycles. The third kappa shape index (κ3) is 2.89. The number of rotatable bonds is 3. The minimum absolute atomic E-state index is 0.0744. The Morgan fingerprint density at radius 2 is 2.15 bits per heavy atom. The minimum atomic E-state index is -3.70. The topological polar surface area (TPSA) is 46.6 Å². The third-order valence-electron chi connectivity index (χ3n) is 1.72. The Kier molecular flexibility index (Phi) is 3.26. The van der Waals surface area contributed by atoms with E-state index in [2.05, 4.69) is 0 Å². The Balaban J connectivity index is 2.60. The minimum Gasteiger partial charge on any atom is -0.255 e. The second-order valence-corrected chi connectivity index (χ2v) is 4.91. The van der Waals surface area contributed by atoms with Crippen LogP contribution in [0.15, 0.2) is 0 Å². The van der Waals surface area contributed by atoms with Gasteiger partial charge in [-0.1, -0.05) is 0 Å². The average molecular weight is 211 g/mol. The number of hydrogen-bond donors (Lipinski definition) is 0. The van der Waals surface area contributed by atoms with Gasteiger partial charge in [-0.2, -0.15) is 12.7 Å². The van der Waals surface area contributed by atoms with Crippen molar-refractivity contribution in [2.24, 2.45) is 0 Å². The Morgan fingerprint density at radius 1 is 1.54 bits per heavy atom.